The van der Waals surface area contributed by atoms with Crippen LogP contribution in [0.2, 0.25) is 0 Å². The number of aryl methyl sites for hydroxylation is 1. The van der Waals surface area contributed by atoms with Gasteiger partial charge in [-0.2, -0.15) is 0 Å². The summed E-state index contributed by atoms with van der Waals surface area (Å²) in [4.78, 5) is 2.55. The van der Waals surface area contributed by atoms with Crippen LogP contribution in [-0.2, 0) is 0 Å². The van der Waals surface area contributed by atoms with Crippen LogP contribution in [0.15, 0.2) is 28.7 Å². The van der Waals surface area contributed by atoms with Gasteiger partial charge in [0.2, 0.25) is 0 Å². The Morgan fingerprint density at radius 2 is 1.85 bits per heavy atom. The number of benzene rings is 1. The standard InChI is InChI=1S/C15H18BrNO2S/c1-9-7-11(16)15(20-9)14(17-2)10-5-6-12(18-3)13(8-10)19-4/h5-8,14,17H,1-4H3. The number of hydrogen-bond donors (Lipinski definition) is 1. The van der Waals surface area contributed by atoms with Crippen LogP contribution < -0.4 is 14.8 Å². The second kappa shape index (κ2) is 6.61. The maximum Gasteiger partial charge on any atom is 0.161 e. The molecular formula is C15H18BrNO2S. The van der Waals surface area contributed by atoms with E-state index in [9.17, 15) is 0 Å². The third-order valence-electron chi connectivity index (χ3n) is 3.13. The van der Waals surface area contributed by atoms with Gasteiger partial charge in [0.15, 0.2) is 11.5 Å². The molecule has 20 heavy (non-hydrogen) atoms. The molecule has 3 nitrogen and oxygen atoms in total. The third kappa shape index (κ3) is 3.00. The van der Waals surface area contributed by atoms with Gasteiger partial charge in [-0.05, 0) is 53.7 Å². The Bertz CT molecular complexity index is 598. The molecule has 0 bridgehead atoms. The lowest BCUT2D eigenvalue weighted by molar-refractivity contribution is 0.354. The van der Waals surface area contributed by atoms with Crippen molar-refractivity contribution in [1.82, 2.24) is 5.32 Å². The number of thiophene rings is 1. The van der Waals surface area contributed by atoms with E-state index in [-0.39, 0.29) is 6.04 Å². The Balaban J connectivity index is 2.44. The molecule has 0 fully saturated rings. The number of methoxy groups -OCH3 is 2. The van der Waals surface area contributed by atoms with Crippen molar-refractivity contribution < 1.29 is 9.47 Å². The zero-order valence-electron chi connectivity index (χ0n) is 12.0. The summed E-state index contributed by atoms with van der Waals surface area (Å²) < 4.78 is 11.8. The van der Waals surface area contributed by atoms with Gasteiger partial charge in [-0.15, -0.1) is 11.3 Å². The molecule has 1 atom stereocenters. The van der Waals surface area contributed by atoms with Crippen LogP contribution in [-0.4, -0.2) is 21.3 Å². The van der Waals surface area contributed by atoms with E-state index in [0.29, 0.717) is 0 Å². The monoisotopic (exact) mass is 355 g/mol. The van der Waals surface area contributed by atoms with Crippen molar-refractivity contribution in [2.24, 2.45) is 0 Å². The highest BCUT2D eigenvalue weighted by Crippen LogP contribution is 2.38. The molecule has 1 aromatic carbocycles. The first-order valence-electron chi connectivity index (χ1n) is 6.25. The van der Waals surface area contributed by atoms with Crippen LogP contribution in [0.25, 0.3) is 0 Å². The SMILES string of the molecule is CNC(c1ccc(OC)c(OC)c1)c1sc(C)cc1Br. The minimum Gasteiger partial charge on any atom is -0.493 e. The van der Waals surface area contributed by atoms with Gasteiger partial charge in [-0.3, -0.25) is 0 Å². The molecule has 0 aliphatic carbocycles. The summed E-state index contributed by atoms with van der Waals surface area (Å²) >= 11 is 5.42. The molecule has 108 valence electrons. The highest BCUT2D eigenvalue weighted by atomic mass is 79.9. The minimum atomic E-state index is 0.128. The maximum atomic E-state index is 5.38. The van der Waals surface area contributed by atoms with E-state index < -0.39 is 0 Å². The van der Waals surface area contributed by atoms with E-state index in [1.165, 1.54) is 9.75 Å². The van der Waals surface area contributed by atoms with E-state index in [0.717, 1.165) is 21.5 Å². The predicted molar refractivity (Wildman–Crippen MR) is 87.2 cm³/mol. The van der Waals surface area contributed by atoms with Crippen molar-refractivity contribution in [2.45, 2.75) is 13.0 Å². The second-order valence-electron chi connectivity index (χ2n) is 4.41. The predicted octanol–water partition coefficient (Wildman–Crippen LogP) is 4.15. The molecule has 0 aliphatic rings. The average Bonchev–Trinajstić information content (AvgIpc) is 2.78. The van der Waals surface area contributed by atoms with E-state index in [2.05, 4.69) is 40.3 Å². The second-order valence-corrected chi connectivity index (χ2v) is 6.55. The Morgan fingerprint density at radius 3 is 2.35 bits per heavy atom. The lowest BCUT2D eigenvalue weighted by Gasteiger charge is -2.18. The molecule has 2 rings (SSSR count). The van der Waals surface area contributed by atoms with Gasteiger partial charge in [0.05, 0.1) is 20.3 Å². The van der Waals surface area contributed by atoms with Crippen LogP contribution in [0.4, 0.5) is 0 Å². The van der Waals surface area contributed by atoms with Gasteiger partial charge in [-0.1, -0.05) is 6.07 Å². The highest BCUT2D eigenvalue weighted by molar-refractivity contribution is 9.10. The maximum absolute atomic E-state index is 5.38. The van der Waals surface area contributed by atoms with Crippen molar-refractivity contribution in [3.05, 3.63) is 44.1 Å². The minimum absolute atomic E-state index is 0.128. The van der Waals surface area contributed by atoms with Crippen LogP contribution in [0.5, 0.6) is 11.5 Å². The van der Waals surface area contributed by atoms with Gasteiger partial charge >= 0.3 is 0 Å². The number of rotatable bonds is 5. The largest absolute Gasteiger partial charge is 0.493 e. The van der Waals surface area contributed by atoms with Gasteiger partial charge in [0.1, 0.15) is 0 Å². The van der Waals surface area contributed by atoms with Crippen LogP contribution >= 0.6 is 27.3 Å². The molecule has 0 saturated heterocycles. The van der Waals surface area contributed by atoms with Crippen LogP contribution in [0.1, 0.15) is 21.4 Å². The fraction of sp³-hybridized carbons (Fsp3) is 0.333. The smallest absolute Gasteiger partial charge is 0.161 e. The first kappa shape index (κ1) is 15.4. The summed E-state index contributed by atoms with van der Waals surface area (Å²) in [6.45, 7) is 2.11. The van der Waals surface area contributed by atoms with Crippen molar-refractivity contribution in [3.8, 4) is 11.5 Å². The fourth-order valence-corrected chi connectivity index (χ4v) is 4.20. The Hall–Kier alpha value is -1.04. The lowest BCUT2D eigenvalue weighted by atomic mass is 10.0. The summed E-state index contributed by atoms with van der Waals surface area (Å²) in [7, 11) is 5.26. The molecule has 1 heterocycles. The number of nitrogens with one attached hydrogen (secondary N) is 1. The topological polar surface area (TPSA) is 30.5 Å². The molecule has 5 heteroatoms. The third-order valence-corrected chi connectivity index (χ3v) is 5.16. The number of hydrogen-bond acceptors (Lipinski definition) is 4. The first-order valence-corrected chi connectivity index (χ1v) is 7.86. The van der Waals surface area contributed by atoms with E-state index in [1.54, 1.807) is 25.6 Å². The molecule has 1 N–H and O–H groups in total. The lowest BCUT2D eigenvalue weighted by Crippen LogP contribution is -2.17. The quantitative estimate of drug-likeness (QED) is 0.873. The highest BCUT2D eigenvalue weighted by Gasteiger charge is 2.19. The van der Waals surface area contributed by atoms with E-state index in [1.807, 2.05) is 19.2 Å². The summed E-state index contributed by atoms with van der Waals surface area (Å²) in [5.74, 6) is 1.49. The molecule has 0 amide bonds. The van der Waals surface area contributed by atoms with Crippen molar-refractivity contribution in [1.29, 1.82) is 0 Å². The molecular weight excluding hydrogens is 338 g/mol. The van der Waals surface area contributed by atoms with Crippen molar-refractivity contribution in [3.63, 3.8) is 0 Å². The van der Waals surface area contributed by atoms with Gasteiger partial charge in [-0.25, -0.2) is 0 Å². The molecule has 0 saturated carbocycles. The van der Waals surface area contributed by atoms with Crippen LogP contribution in [0.3, 0.4) is 0 Å². The molecule has 0 radical (unpaired) electrons. The molecule has 1 aromatic heterocycles. The number of ether oxygens (including phenoxy) is 2. The fourth-order valence-electron chi connectivity index (χ4n) is 2.18. The summed E-state index contributed by atoms with van der Waals surface area (Å²) in [6, 6.07) is 8.28. The van der Waals surface area contributed by atoms with Crippen molar-refractivity contribution >= 4 is 27.3 Å². The number of halogens is 1. The normalized spacial score (nSPS) is 12.2. The van der Waals surface area contributed by atoms with Gasteiger partial charge in [0, 0.05) is 14.2 Å². The molecule has 2 aromatic rings. The Labute approximate surface area is 132 Å². The van der Waals surface area contributed by atoms with E-state index in [4.69, 9.17) is 9.47 Å². The zero-order valence-corrected chi connectivity index (χ0v) is 14.4. The first-order chi connectivity index (χ1) is 9.60. The molecule has 1 unspecified atom stereocenters. The van der Waals surface area contributed by atoms with Crippen LogP contribution in [0, 0.1) is 6.92 Å². The Kier molecular flexibility index (Phi) is 5.07. The Morgan fingerprint density at radius 1 is 1.15 bits per heavy atom. The summed E-state index contributed by atoms with van der Waals surface area (Å²) in [6.07, 6.45) is 0. The zero-order chi connectivity index (χ0) is 14.7. The van der Waals surface area contributed by atoms with Crippen molar-refractivity contribution in [2.75, 3.05) is 21.3 Å². The summed E-state index contributed by atoms with van der Waals surface area (Å²) in [5.41, 5.74) is 1.15. The molecule has 0 aliphatic heterocycles. The van der Waals surface area contributed by atoms with E-state index >= 15 is 0 Å². The molecule has 0 spiro atoms. The van der Waals surface area contributed by atoms with Gasteiger partial charge in [0.25, 0.3) is 0 Å². The average molecular weight is 356 g/mol. The van der Waals surface area contributed by atoms with Gasteiger partial charge < -0.3 is 14.8 Å². The summed E-state index contributed by atoms with van der Waals surface area (Å²) in [5, 5.41) is 3.36.